The topological polar surface area (TPSA) is 30.5 Å². The molecule has 2 atom stereocenters. The van der Waals surface area contributed by atoms with E-state index in [1.165, 1.54) is 30.6 Å². The van der Waals surface area contributed by atoms with Crippen LogP contribution in [-0.2, 0) is 0 Å². The molecule has 1 heterocycles. The third-order valence-electron chi connectivity index (χ3n) is 4.06. The lowest BCUT2D eigenvalue weighted by Crippen LogP contribution is -2.32. The minimum Gasteiger partial charge on any atom is -0.490 e. The van der Waals surface area contributed by atoms with Crippen molar-refractivity contribution in [1.82, 2.24) is 5.32 Å². The third kappa shape index (κ3) is 3.41. The second kappa shape index (κ2) is 6.72. The van der Waals surface area contributed by atoms with Crippen molar-refractivity contribution in [1.29, 1.82) is 0 Å². The molecule has 0 saturated heterocycles. The minimum atomic E-state index is 0.682. The maximum Gasteiger partial charge on any atom is 0.162 e. The average Bonchev–Trinajstić information content (AvgIpc) is 2.72. The lowest BCUT2D eigenvalue weighted by molar-refractivity contribution is 0.297. The fourth-order valence-electron chi connectivity index (χ4n) is 2.92. The molecule has 1 aliphatic heterocycles. The molecular weight excluding hydrogens is 270 g/mol. The zero-order valence-corrected chi connectivity index (χ0v) is 12.9. The highest BCUT2D eigenvalue weighted by atomic mass is 32.2. The predicted octanol–water partition coefficient (Wildman–Crippen LogP) is 3.47. The molecule has 0 aromatic heterocycles. The van der Waals surface area contributed by atoms with Gasteiger partial charge in [-0.05, 0) is 44.5 Å². The zero-order valence-electron chi connectivity index (χ0n) is 12.1. The molecule has 0 radical (unpaired) electrons. The standard InChI is InChI=1S/C16H23NO2S/c1-17-12-4-2-5-13(10-12)20-14-6-7-15-16(11-14)19-9-3-8-18-15/h6-7,11-13,17H,2-5,8-10H2,1H3. The molecular formula is C16H23NO2S. The minimum absolute atomic E-state index is 0.682. The average molecular weight is 293 g/mol. The van der Waals surface area contributed by atoms with E-state index in [1.807, 2.05) is 11.8 Å². The van der Waals surface area contributed by atoms with Crippen LogP contribution < -0.4 is 14.8 Å². The van der Waals surface area contributed by atoms with Gasteiger partial charge in [-0.1, -0.05) is 6.42 Å². The lowest BCUT2D eigenvalue weighted by Gasteiger charge is -2.28. The highest BCUT2D eigenvalue weighted by Gasteiger charge is 2.22. The maximum absolute atomic E-state index is 5.77. The van der Waals surface area contributed by atoms with Crippen molar-refractivity contribution in [3.8, 4) is 11.5 Å². The molecule has 2 unspecified atom stereocenters. The van der Waals surface area contributed by atoms with E-state index in [9.17, 15) is 0 Å². The second-order valence-corrected chi connectivity index (χ2v) is 6.92. The van der Waals surface area contributed by atoms with Gasteiger partial charge in [0, 0.05) is 22.6 Å². The summed E-state index contributed by atoms with van der Waals surface area (Å²) in [5, 5.41) is 4.13. The van der Waals surface area contributed by atoms with E-state index in [0.717, 1.165) is 31.1 Å². The normalized spacial score (nSPS) is 26.1. The summed E-state index contributed by atoms with van der Waals surface area (Å²) in [4.78, 5) is 1.30. The molecule has 2 aliphatic rings. The number of benzene rings is 1. The smallest absolute Gasteiger partial charge is 0.162 e. The summed E-state index contributed by atoms with van der Waals surface area (Å²) >= 11 is 1.99. The summed E-state index contributed by atoms with van der Waals surface area (Å²) < 4.78 is 11.5. The molecule has 1 N–H and O–H groups in total. The van der Waals surface area contributed by atoms with Gasteiger partial charge >= 0.3 is 0 Å². The molecule has 0 amide bonds. The molecule has 0 bridgehead atoms. The van der Waals surface area contributed by atoms with E-state index >= 15 is 0 Å². The summed E-state index contributed by atoms with van der Waals surface area (Å²) in [6.45, 7) is 1.51. The molecule has 0 spiro atoms. The Labute approximate surface area is 125 Å². The Balaban J connectivity index is 1.66. The van der Waals surface area contributed by atoms with Crippen LogP contribution in [0.5, 0.6) is 11.5 Å². The number of nitrogens with one attached hydrogen (secondary N) is 1. The van der Waals surface area contributed by atoms with Crippen LogP contribution in [0.25, 0.3) is 0 Å². The van der Waals surface area contributed by atoms with Crippen molar-refractivity contribution in [3.63, 3.8) is 0 Å². The largest absolute Gasteiger partial charge is 0.490 e. The second-order valence-electron chi connectivity index (χ2n) is 5.55. The van der Waals surface area contributed by atoms with Gasteiger partial charge in [0.1, 0.15) is 0 Å². The van der Waals surface area contributed by atoms with E-state index in [0.29, 0.717) is 11.3 Å². The molecule has 1 fully saturated rings. The molecule has 1 aliphatic carbocycles. The number of hydrogen-bond donors (Lipinski definition) is 1. The first-order valence-electron chi connectivity index (χ1n) is 7.59. The van der Waals surface area contributed by atoms with Crippen LogP contribution >= 0.6 is 11.8 Å². The molecule has 20 heavy (non-hydrogen) atoms. The summed E-state index contributed by atoms with van der Waals surface area (Å²) in [5.74, 6) is 1.80. The highest BCUT2D eigenvalue weighted by Crippen LogP contribution is 2.38. The lowest BCUT2D eigenvalue weighted by atomic mass is 9.95. The van der Waals surface area contributed by atoms with Crippen LogP contribution in [0.15, 0.2) is 23.1 Å². The molecule has 1 aromatic carbocycles. The van der Waals surface area contributed by atoms with E-state index in [4.69, 9.17) is 9.47 Å². The van der Waals surface area contributed by atoms with Gasteiger partial charge in [-0.25, -0.2) is 0 Å². The Morgan fingerprint density at radius 2 is 1.95 bits per heavy atom. The summed E-state index contributed by atoms with van der Waals surface area (Å²) in [6, 6.07) is 7.05. The Morgan fingerprint density at radius 1 is 1.10 bits per heavy atom. The molecule has 1 aromatic rings. The van der Waals surface area contributed by atoms with Crippen LogP contribution in [0.2, 0.25) is 0 Å². The molecule has 3 rings (SSSR count). The number of fused-ring (bicyclic) bond motifs is 1. The Hall–Kier alpha value is -0.870. The van der Waals surface area contributed by atoms with Crippen LogP contribution in [0, 0.1) is 0 Å². The third-order valence-corrected chi connectivity index (χ3v) is 5.34. The van der Waals surface area contributed by atoms with Crippen LogP contribution in [0.3, 0.4) is 0 Å². The van der Waals surface area contributed by atoms with Gasteiger partial charge in [0.25, 0.3) is 0 Å². The van der Waals surface area contributed by atoms with Gasteiger partial charge in [-0.3, -0.25) is 0 Å². The predicted molar refractivity (Wildman–Crippen MR) is 83.0 cm³/mol. The number of rotatable bonds is 3. The molecule has 4 heteroatoms. The van der Waals surface area contributed by atoms with Gasteiger partial charge in [-0.15, -0.1) is 11.8 Å². The van der Waals surface area contributed by atoms with Gasteiger partial charge in [0.05, 0.1) is 13.2 Å². The van der Waals surface area contributed by atoms with Gasteiger partial charge in [0.15, 0.2) is 11.5 Å². The monoisotopic (exact) mass is 293 g/mol. The Kier molecular flexibility index (Phi) is 4.73. The van der Waals surface area contributed by atoms with Crippen LogP contribution in [0.1, 0.15) is 32.1 Å². The quantitative estimate of drug-likeness (QED) is 0.924. The number of hydrogen-bond acceptors (Lipinski definition) is 4. The fourth-order valence-corrected chi connectivity index (χ4v) is 4.24. The SMILES string of the molecule is CNC1CCCC(Sc2ccc3c(c2)OCCCO3)C1. The van der Waals surface area contributed by atoms with Crippen molar-refractivity contribution in [2.45, 2.75) is 48.3 Å². The fraction of sp³-hybridized carbons (Fsp3) is 0.625. The number of thioether (sulfide) groups is 1. The van der Waals surface area contributed by atoms with E-state index in [-0.39, 0.29) is 0 Å². The maximum atomic E-state index is 5.77. The van der Waals surface area contributed by atoms with Crippen LogP contribution in [-0.4, -0.2) is 31.6 Å². The molecule has 110 valence electrons. The van der Waals surface area contributed by atoms with E-state index in [1.54, 1.807) is 0 Å². The van der Waals surface area contributed by atoms with Crippen molar-refractivity contribution in [2.75, 3.05) is 20.3 Å². The zero-order chi connectivity index (χ0) is 13.8. The first kappa shape index (κ1) is 14.1. The van der Waals surface area contributed by atoms with Gasteiger partial charge < -0.3 is 14.8 Å². The Morgan fingerprint density at radius 3 is 2.80 bits per heavy atom. The number of ether oxygens (including phenoxy) is 2. The van der Waals surface area contributed by atoms with E-state index in [2.05, 4.69) is 30.6 Å². The van der Waals surface area contributed by atoms with E-state index < -0.39 is 0 Å². The Bertz CT molecular complexity index is 452. The first-order chi connectivity index (χ1) is 9.85. The van der Waals surface area contributed by atoms with Crippen molar-refractivity contribution >= 4 is 11.8 Å². The van der Waals surface area contributed by atoms with Gasteiger partial charge in [0.2, 0.25) is 0 Å². The highest BCUT2D eigenvalue weighted by molar-refractivity contribution is 8.00. The van der Waals surface area contributed by atoms with Crippen LogP contribution in [0.4, 0.5) is 0 Å². The van der Waals surface area contributed by atoms with Crippen molar-refractivity contribution in [2.24, 2.45) is 0 Å². The summed E-state index contributed by atoms with van der Waals surface area (Å²) in [5.41, 5.74) is 0. The summed E-state index contributed by atoms with van der Waals surface area (Å²) in [7, 11) is 2.07. The summed E-state index contributed by atoms with van der Waals surface area (Å²) in [6.07, 6.45) is 6.18. The molecule has 1 saturated carbocycles. The molecule has 3 nitrogen and oxygen atoms in total. The van der Waals surface area contributed by atoms with Crippen molar-refractivity contribution in [3.05, 3.63) is 18.2 Å². The van der Waals surface area contributed by atoms with Crippen molar-refractivity contribution < 1.29 is 9.47 Å². The van der Waals surface area contributed by atoms with Gasteiger partial charge in [-0.2, -0.15) is 0 Å². The first-order valence-corrected chi connectivity index (χ1v) is 8.46.